The minimum atomic E-state index is -0.338. The maximum Gasteiger partial charge on any atom is 0.217 e. The summed E-state index contributed by atoms with van der Waals surface area (Å²) in [5.41, 5.74) is 5.14. The molecule has 4 N–H and O–H groups in total. The van der Waals surface area contributed by atoms with E-state index in [-0.39, 0.29) is 36.6 Å². The summed E-state index contributed by atoms with van der Waals surface area (Å²) in [7, 11) is 1.72. The quantitative estimate of drug-likeness (QED) is 0.325. The van der Waals surface area contributed by atoms with Crippen molar-refractivity contribution >= 4 is 5.91 Å². The molecule has 4 atom stereocenters. The van der Waals surface area contributed by atoms with Crippen molar-refractivity contribution in [2.45, 2.75) is 76.4 Å². The summed E-state index contributed by atoms with van der Waals surface area (Å²) in [6.45, 7) is 0.281. The first kappa shape index (κ1) is 22.9. The molecule has 0 radical (unpaired) electrons. The number of ether oxygens (including phenoxy) is 1. The molecule has 5 heteroatoms. The minimum Gasteiger partial charge on any atom is -0.396 e. The van der Waals surface area contributed by atoms with E-state index in [0.717, 1.165) is 51.4 Å². The molecule has 1 unspecified atom stereocenters. The molecule has 150 valence electrons. The van der Waals surface area contributed by atoms with Gasteiger partial charge in [-0.2, -0.15) is 0 Å². The lowest BCUT2D eigenvalue weighted by atomic mass is 9.89. The smallest absolute Gasteiger partial charge is 0.217 e. The first-order chi connectivity index (χ1) is 12.6. The monoisotopic (exact) mass is 367 g/mol. The highest BCUT2D eigenvalue weighted by molar-refractivity contribution is 5.73. The summed E-state index contributed by atoms with van der Waals surface area (Å²) in [5, 5.41) is 19.2. The first-order valence-electron chi connectivity index (χ1n) is 10.0. The topological polar surface area (TPSA) is 92.8 Å². The lowest BCUT2D eigenvalue weighted by molar-refractivity contribution is -0.118. The molecule has 0 spiro atoms. The van der Waals surface area contributed by atoms with Crippen LogP contribution in [0.3, 0.4) is 0 Å². The zero-order valence-electron chi connectivity index (χ0n) is 16.2. The summed E-state index contributed by atoms with van der Waals surface area (Å²) in [4.78, 5) is 10.7. The van der Waals surface area contributed by atoms with E-state index < -0.39 is 0 Å². The maximum absolute atomic E-state index is 10.7. The fourth-order valence-electron chi connectivity index (χ4n) is 3.68. The third kappa shape index (κ3) is 8.97. The van der Waals surface area contributed by atoms with Crippen LogP contribution in [0.2, 0.25) is 0 Å². The van der Waals surface area contributed by atoms with Gasteiger partial charge in [0.15, 0.2) is 0 Å². The molecule has 1 saturated carbocycles. The molecule has 0 heterocycles. The summed E-state index contributed by atoms with van der Waals surface area (Å²) >= 11 is 0. The summed E-state index contributed by atoms with van der Waals surface area (Å²) in [6.07, 6.45) is 17.2. The van der Waals surface area contributed by atoms with E-state index in [1.807, 2.05) is 0 Å². The Hall–Kier alpha value is -1.17. The number of aliphatic hydroxyl groups excluding tert-OH is 2. The van der Waals surface area contributed by atoms with Crippen molar-refractivity contribution in [3.63, 3.8) is 0 Å². The van der Waals surface area contributed by atoms with Gasteiger partial charge in [0, 0.05) is 32.5 Å². The van der Waals surface area contributed by atoms with Gasteiger partial charge >= 0.3 is 0 Å². The normalized spacial score (nSPS) is 26.3. The van der Waals surface area contributed by atoms with E-state index in [4.69, 9.17) is 15.6 Å². The third-order valence-corrected chi connectivity index (χ3v) is 5.20. The molecule has 0 aromatic heterocycles. The second kappa shape index (κ2) is 14.0. The summed E-state index contributed by atoms with van der Waals surface area (Å²) in [6, 6.07) is 0. The van der Waals surface area contributed by atoms with Gasteiger partial charge in [0.1, 0.15) is 0 Å². The molecule has 0 aromatic rings. The second-order valence-electron chi connectivity index (χ2n) is 7.24. The van der Waals surface area contributed by atoms with Gasteiger partial charge in [-0.1, -0.05) is 37.1 Å². The molecular formula is C21H37NO4. The number of methoxy groups -OCH3 is 1. The molecule has 26 heavy (non-hydrogen) atoms. The number of amides is 1. The molecule has 1 rings (SSSR count). The van der Waals surface area contributed by atoms with Crippen LogP contribution in [0.15, 0.2) is 24.3 Å². The average Bonchev–Trinajstić information content (AvgIpc) is 2.92. The predicted octanol–water partition coefficient (Wildman–Crippen LogP) is 3.10. The van der Waals surface area contributed by atoms with E-state index in [1.165, 1.54) is 0 Å². The van der Waals surface area contributed by atoms with Gasteiger partial charge in [-0.25, -0.2) is 0 Å². The SMILES string of the molecule is CO[C@@H]1C[C@H](O)C(C/C=C\CCCC(N)=O)[C@H]1/C=C/CCCCCCO. The predicted molar refractivity (Wildman–Crippen MR) is 105 cm³/mol. The van der Waals surface area contributed by atoms with Crippen LogP contribution in [-0.4, -0.2) is 42.0 Å². The van der Waals surface area contributed by atoms with Crippen LogP contribution >= 0.6 is 0 Å². The van der Waals surface area contributed by atoms with Gasteiger partial charge < -0.3 is 20.7 Å². The standard InChI is InChI=1S/C21H37NO4/c1-26-20-16-19(24)17(12-8-5-6-10-14-21(22)25)18(20)13-9-4-2-3-7-11-15-23/h5,8-9,13,17-20,23-24H,2-4,6-7,10-12,14-16H2,1H3,(H2,22,25)/b8-5-,13-9+/t17?,18-,19+,20-/m1/s1. The van der Waals surface area contributed by atoms with Crippen molar-refractivity contribution in [1.82, 2.24) is 0 Å². The maximum atomic E-state index is 10.7. The number of primary amides is 1. The summed E-state index contributed by atoms with van der Waals surface area (Å²) in [5.74, 6) is 0.162. The molecule has 0 bridgehead atoms. The molecule has 0 aliphatic heterocycles. The van der Waals surface area contributed by atoms with Gasteiger partial charge in [-0.05, 0) is 44.4 Å². The molecule has 0 aromatic carbocycles. The Balaban J connectivity index is 2.42. The number of aliphatic hydroxyl groups is 2. The van der Waals surface area contributed by atoms with Crippen LogP contribution in [0, 0.1) is 11.8 Å². The molecule has 5 nitrogen and oxygen atoms in total. The number of nitrogens with two attached hydrogens (primary N) is 1. The molecule has 1 aliphatic rings. The number of unbranched alkanes of at least 4 members (excludes halogenated alkanes) is 5. The lowest BCUT2D eigenvalue weighted by Gasteiger charge is -2.20. The number of hydrogen-bond acceptors (Lipinski definition) is 4. The highest BCUT2D eigenvalue weighted by Crippen LogP contribution is 2.38. The van der Waals surface area contributed by atoms with Crippen LogP contribution < -0.4 is 5.73 Å². The Morgan fingerprint density at radius 2 is 1.85 bits per heavy atom. The first-order valence-corrected chi connectivity index (χ1v) is 10.0. The van der Waals surface area contributed by atoms with Crippen molar-refractivity contribution in [3.05, 3.63) is 24.3 Å². The Bertz CT molecular complexity index is 436. The molecule has 1 aliphatic carbocycles. The largest absolute Gasteiger partial charge is 0.396 e. The van der Waals surface area contributed by atoms with Gasteiger partial charge in [-0.15, -0.1) is 0 Å². The van der Waals surface area contributed by atoms with Crippen molar-refractivity contribution in [3.8, 4) is 0 Å². The van der Waals surface area contributed by atoms with Gasteiger partial charge in [0.25, 0.3) is 0 Å². The zero-order chi connectivity index (χ0) is 19.2. The van der Waals surface area contributed by atoms with Crippen molar-refractivity contribution in [1.29, 1.82) is 0 Å². The van der Waals surface area contributed by atoms with Crippen molar-refractivity contribution < 1.29 is 19.7 Å². The zero-order valence-corrected chi connectivity index (χ0v) is 16.2. The van der Waals surface area contributed by atoms with Crippen LogP contribution in [0.25, 0.3) is 0 Å². The number of carbonyl (C=O) groups excluding carboxylic acids is 1. The van der Waals surface area contributed by atoms with Gasteiger partial charge in [0.2, 0.25) is 5.91 Å². The number of rotatable bonds is 14. The third-order valence-electron chi connectivity index (χ3n) is 5.20. The van der Waals surface area contributed by atoms with E-state index >= 15 is 0 Å². The van der Waals surface area contributed by atoms with Crippen LogP contribution in [0.5, 0.6) is 0 Å². The van der Waals surface area contributed by atoms with E-state index in [9.17, 15) is 9.90 Å². The van der Waals surface area contributed by atoms with Gasteiger partial charge in [-0.3, -0.25) is 4.79 Å². The Morgan fingerprint density at radius 1 is 1.12 bits per heavy atom. The van der Waals surface area contributed by atoms with Crippen LogP contribution in [0.1, 0.15) is 64.2 Å². The Morgan fingerprint density at radius 3 is 2.54 bits per heavy atom. The van der Waals surface area contributed by atoms with Crippen LogP contribution in [-0.2, 0) is 9.53 Å². The Labute approximate surface area is 158 Å². The van der Waals surface area contributed by atoms with Crippen molar-refractivity contribution in [2.75, 3.05) is 13.7 Å². The number of carbonyl (C=O) groups is 1. The van der Waals surface area contributed by atoms with Crippen molar-refractivity contribution in [2.24, 2.45) is 17.6 Å². The van der Waals surface area contributed by atoms with E-state index in [2.05, 4.69) is 24.3 Å². The number of allylic oxidation sites excluding steroid dienone is 3. The van der Waals surface area contributed by atoms with E-state index in [0.29, 0.717) is 12.8 Å². The molecule has 1 amide bonds. The molecule has 1 fully saturated rings. The lowest BCUT2D eigenvalue weighted by Crippen LogP contribution is -2.21. The average molecular weight is 368 g/mol. The van der Waals surface area contributed by atoms with Gasteiger partial charge in [0.05, 0.1) is 12.2 Å². The number of hydrogen-bond donors (Lipinski definition) is 3. The summed E-state index contributed by atoms with van der Waals surface area (Å²) < 4.78 is 5.59. The fraction of sp³-hybridized carbons (Fsp3) is 0.762. The highest BCUT2D eigenvalue weighted by atomic mass is 16.5. The fourth-order valence-corrected chi connectivity index (χ4v) is 3.68. The van der Waals surface area contributed by atoms with Crippen LogP contribution in [0.4, 0.5) is 0 Å². The minimum absolute atomic E-state index is 0.0731. The highest BCUT2D eigenvalue weighted by Gasteiger charge is 2.40. The molecular weight excluding hydrogens is 330 g/mol. The Kier molecular flexibility index (Phi) is 12.3. The molecule has 0 saturated heterocycles. The second-order valence-corrected chi connectivity index (χ2v) is 7.24. The van der Waals surface area contributed by atoms with E-state index in [1.54, 1.807) is 7.11 Å².